The number of nitrogens with two attached hydrogens (primary N) is 1. The first-order valence-corrected chi connectivity index (χ1v) is 10.1. The molecule has 4 N–H and O–H groups in total. The van der Waals surface area contributed by atoms with Gasteiger partial charge in [0.15, 0.2) is 23.9 Å². The molecule has 0 saturated heterocycles. The second kappa shape index (κ2) is 12.2. The Morgan fingerprint density at radius 1 is 1.19 bits per heavy atom. The van der Waals surface area contributed by atoms with Crippen molar-refractivity contribution < 1.29 is 18.7 Å². The van der Waals surface area contributed by atoms with Crippen LogP contribution in [0.1, 0.15) is 31.2 Å². The molecule has 0 fully saturated rings. The van der Waals surface area contributed by atoms with Gasteiger partial charge in [0.25, 0.3) is 5.91 Å². The quantitative estimate of drug-likeness (QED) is 0.212. The Hall–Kier alpha value is -2.95. The summed E-state index contributed by atoms with van der Waals surface area (Å²) in [7, 11) is 1.71. The number of amides is 1. The van der Waals surface area contributed by atoms with Crippen LogP contribution in [-0.2, 0) is 11.3 Å². The van der Waals surface area contributed by atoms with Crippen LogP contribution >= 0.6 is 24.0 Å². The summed E-state index contributed by atoms with van der Waals surface area (Å²) in [5.74, 6) is 2.22. The van der Waals surface area contributed by atoms with Crippen LogP contribution < -0.4 is 25.8 Å². The molecule has 1 aromatic heterocycles. The lowest BCUT2D eigenvalue weighted by Crippen LogP contribution is -2.38. The number of furan rings is 1. The van der Waals surface area contributed by atoms with Crippen LogP contribution in [0.2, 0.25) is 0 Å². The number of benzene rings is 2. The van der Waals surface area contributed by atoms with Crippen molar-refractivity contribution in [2.45, 2.75) is 26.4 Å². The molecule has 8 nitrogen and oxygen atoms in total. The number of rotatable bonds is 9. The number of nitrogens with zero attached hydrogens (tertiary/aromatic N) is 1. The summed E-state index contributed by atoms with van der Waals surface area (Å²) in [4.78, 5) is 15.2. The summed E-state index contributed by atoms with van der Waals surface area (Å²) in [6.45, 7) is 4.90. The Kier molecular flexibility index (Phi) is 9.63. The fourth-order valence-electron chi connectivity index (χ4n) is 3.10. The zero-order valence-corrected chi connectivity index (χ0v) is 20.7. The molecule has 3 rings (SSSR count). The van der Waals surface area contributed by atoms with Crippen molar-refractivity contribution in [1.82, 2.24) is 10.6 Å². The first kappa shape index (κ1) is 25.3. The average molecular weight is 552 g/mol. The van der Waals surface area contributed by atoms with E-state index in [2.05, 4.69) is 15.6 Å². The van der Waals surface area contributed by atoms with E-state index in [9.17, 15) is 4.79 Å². The van der Waals surface area contributed by atoms with Gasteiger partial charge in [-0.1, -0.05) is 24.3 Å². The van der Waals surface area contributed by atoms with E-state index >= 15 is 0 Å². The number of ether oxygens (including phenoxy) is 2. The number of fused-ring (bicyclic) bond motifs is 1. The predicted octanol–water partition coefficient (Wildman–Crippen LogP) is 3.74. The zero-order valence-electron chi connectivity index (χ0n) is 18.4. The molecule has 0 aliphatic carbocycles. The van der Waals surface area contributed by atoms with Gasteiger partial charge in [0.1, 0.15) is 11.5 Å². The van der Waals surface area contributed by atoms with Gasteiger partial charge in [-0.15, -0.1) is 24.0 Å². The second-order valence-electron chi connectivity index (χ2n) is 6.95. The molecule has 1 unspecified atom stereocenters. The molecular formula is C23H29IN4O4. The van der Waals surface area contributed by atoms with E-state index in [1.165, 1.54) is 0 Å². The largest absolute Gasteiger partial charge is 0.490 e. The van der Waals surface area contributed by atoms with Gasteiger partial charge < -0.3 is 30.3 Å². The summed E-state index contributed by atoms with van der Waals surface area (Å²) < 4.78 is 17.1. The Morgan fingerprint density at radius 3 is 2.69 bits per heavy atom. The van der Waals surface area contributed by atoms with Gasteiger partial charge in [-0.05, 0) is 43.7 Å². The van der Waals surface area contributed by atoms with E-state index in [0.29, 0.717) is 24.9 Å². The van der Waals surface area contributed by atoms with Crippen molar-refractivity contribution in [2.24, 2.45) is 10.7 Å². The number of guanidine groups is 1. The highest BCUT2D eigenvalue weighted by molar-refractivity contribution is 14.0. The minimum absolute atomic E-state index is 0. The van der Waals surface area contributed by atoms with Gasteiger partial charge in [0.2, 0.25) is 0 Å². The Morgan fingerprint density at radius 2 is 1.97 bits per heavy atom. The molecule has 1 atom stereocenters. The fourth-order valence-corrected chi connectivity index (χ4v) is 3.10. The molecule has 1 heterocycles. The molecule has 3 aromatic rings. The molecule has 32 heavy (non-hydrogen) atoms. The van der Waals surface area contributed by atoms with E-state index in [1.54, 1.807) is 13.1 Å². The lowest BCUT2D eigenvalue weighted by Gasteiger charge is -2.16. The Labute approximate surface area is 204 Å². The second-order valence-corrected chi connectivity index (χ2v) is 6.95. The number of nitrogens with one attached hydrogen (secondary N) is 2. The van der Waals surface area contributed by atoms with E-state index < -0.39 is 5.91 Å². The normalized spacial score (nSPS) is 12.0. The standard InChI is InChI=1S/C23H28N4O4.HI/c1-4-29-19-10-6-8-17-12-20(31-22(17)19)15(2)27-23(25-3)26-13-16-7-5-9-18(11-16)30-14-21(24)28;/h5-12,15H,4,13-14H2,1-3H3,(H2,24,28)(H2,25,26,27);1H. The summed E-state index contributed by atoms with van der Waals surface area (Å²) in [6.07, 6.45) is 0. The number of para-hydroxylation sites is 1. The van der Waals surface area contributed by atoms with Crippen LogP contribution in [0.3, 0.4) is 0 Å². The Balaban J connectivity index is 0.00000363. The highest BCUT2D eigenvalue weighted by Crippen LogP contribution is 2.31. The van der Waals surface area contributed by atoms with Crippen LogP contribution in [0, 0.1) is 0 Å². The number of carbonyl (C=O) groups excluding carboxylic acids is 1. The molecule has 0 radical (unpaired) electrons. The van der Waals surface area contributed by atoms with Gasteiger partial charge in [-0.25, -0.2) is 0 Å². The molecule has 0 bridgehead atoms. The molecule has 0 spiro atoms. The summed E-state index contributed by atoms with van der Waals surface area (Å²) in [5.41, 5.74) is 6.84. The van der Waals surface area contributed by atoms with E-state index in [1.807, 2.05) is 56.3 Å². The summed E-state index contributed by atoms with van der Waals surface area (Å²) in [5, 5.41) is 7.59. The predicted molar refractivity (Wildman–Crippen MR) is 136 cm³/mol. The topological polar surface area (TPSA) is 111 Å². The fraction of sp³-hybridized carbons (Fsp3) is 0.304. The summed E-state index contributed by atoms with van der Waals surface area (Å²) >= 11 is 0. The molecule has 0 aliphatic heterocycles. The number of primary amides is 1. The van der Waals surface area contributed by atoms with E-state index in [4.69, 9.17) is 19.6 Å². The minimum Gasteiger partial charge on any atom is -0.490 e. The van der Waals surface area contributed by atoms with Crippen LogP contribution in [-0.4, -0.2) is 32.1 Å². The SMILES string of the molecule is CCOc1cccc2cc(C(C)NC(=NC)NCc3cccc(OCC(N)=O)c3)oc12.I. The molecule has 0 saturated carbocycles. The maximum atomic E-state index is 10.9. The zero-order chi connectivity index (χ0) is 22.2. The highest BCUT2D eigenvalue weighted by Gasteiger charge is 2.15. The highest BCUT2D eigenvalue weighted by atomic mass is 127. The number of hydrogen-bond acceptors (Lipinski definition) is 5. The maximum absolute atomic E-state index is 10.9. The van der Waals surface area contributed by atoms with Crippen molar-refractivity contribution in [3.63, 3.8) is 0 Å². The van der Waals surface area contributed by atoms with Crippen molar-refractivity contribution in [3.05, 3.63) is 59.9 Å². The summed E-state index contributed by atoms with van der Waals surface area (Å²) in [6, 6.07) is 15.2. The third-order valence-corrected chi connectivity index (χ3v) is 4.57. The number of halogens is 1. The molecule has 9 heteroatoms. The third kappa shape index (κ3) is 6.78. The molecule has 0 aliphatic rings. The third-order valence-electron chi connectivity index (χ3n) is 4.57. The minimum atomic E-state index is -0.513. The molecule has 1 amide bonds. The monoisotopic (exact) mass is 552 g/mol. The number of hydrogen-bond donors (Lipinski definition) is 3. The Bertz CT molecular complexity index is 1070. The van der Waals surface area contributed by atoms with Gasteiger partial charge in [-0.2, -0.15) is 0 Å². The van der Waals surface area contributed by atoms with Crippen LogP contribution in [0.4, 0.5) is 0 Å². The molecule has 172 valence electrons. The van der Waals surface area contributed by atoms with Crippen molar-refractivity contribution in [2.75, 3.05) is 20.3 Å². The van der Waals surface area contributed by atoms with Crippen LogP contribution in [0.25, 0.3) is 11.0 Å². The van der Waals surface area contributed by atoms with Gasteiger partial charge in [0, 0.05) is 19.0 Å². The number of carbonyl (C=O) groups is 1. The van der Waals surface area contributed by atoms with Gasteiger partial charge in [-0.3, -0.25) is 9.79 Å². The first-order valence-electron chi connectivity index (χ1n) is 10.1. The van der Waals surface area contributed by atoms with Crippen molar-refractivity contribution in [1.29, 1.82) is 0 Å². The van der Waals surface area contributed by atoms with E-state index in [-0.39, 0.29) is 36.6 Å². The average Bonchev–Trinajstić information content (AvgIpc) is 3.21. The van der Waals surface area contributed by atoms with Crippen molar-refractivity contribution in [3.8, 4) is 11.5 Å². The van der Waals surface area contributed by atoms with Crippen LogP contribution in [0.5, 0.6) is 11.5 Å². The maximum Gasteiger partial charge on any atom is 0.255 e. The number of aliphatic imine (C=N–C) groups is 1. The first-order chi connectivity index (χ1) is 15.0. The van der Waals surface area contributed by atoms with Crippen molar-refractivity contribution >= 4 is 46.8 Å². The van der Waals surface area contributed by atoms with E-state index in [0.717, 1.165) is 28.0 Å². The van der Waals surface area contributed by atoms with Gasteiger partial charge >= 0.3 is 0 Å². The smallest absolute Gasteiger partial charge is 0.255 e. The van der Waals surface area contributed by atoms with Gasteiger partial charge in [0.05, 0.1) is 12.6 Å². The molecular weight excluding hydrogens is 523 g/mol. The van der Waals surface area contributed by atoms with Crippen LogP contribution in [0.15, 0.2) is 57.9 Å². The lowest BCUT2D eigenvalue weighted by atomic mass is 10.2. The lowest BCUT2D eigenvalue weighted by molar-refractivity contribution is -0.119. The molecule has 2 aromatic carbocycles.